The van der Waals surface area contributed by atoms with E-state index in [1.807, 2.05) is 6.08 Å². The Morgan fingerprint density at radius 1 is 0.462 bits per heavy atom. The van der Waals surface area contributed by atoms with Crippen LogP contribution in [0.5, 0.6) is 0 Å². The normalized spacial score (nSPS) is 13.9. The number of nitrogens with one attached hydrogen (secondary N) is 1. The summed E-state index contributed by atoms with van der Waals surface area (Å²) in [5.41, 5.74) is 0. The summed E-state index contributed by atoms with van der Waals surface area (Å²) < 4.78 is 0. The number of amides is 1. The van der Waals surface area contributed by atoms with Crippen LogP contribution in [0.15, 0.2) is 36.5 Å². The summed E-state index contributed by atoms with van der Waals surface area (Å²) in [6.07, 6.45) is 53.2. The highest BCUT2D eigenvalue weighted by Crippen LogP contribution is 2.15. The van der Waals surface area contributed by atoms with Crippen LogP contribution in [0.1, 0.15) is 232 Å². The minimum atomic E-state index is -1.11. The quantitative estimate of drug-likeness (QED) is 0.0372. The molecule has 1 amide bonds. The Kier molecular flexibility index (Phi) is 41.1. The summed E-state index contributed by atoms with van der Waals surface area (Å²) in [5, 5.41) is 33.1. The minimum Gasteiger partial charge on any atom is -0.394 e. The fraction of sp³-hybridized carbons (Fsp3) is 0.851. The van der Waals surface area contributed by atoms with Crippen LogP contribution in [0.25, 0.3) is 0 Å². The number of aliphatic hydroxyl groups is 3. The Labute approximate surface area is 324 Å². The van der Waals surface area contributed by atoms with Crippen molar-refractivity contribution in [1.29, 1.82) is 0 Å². The predicted octanol–water partition coefficient (Wildman–Crippen LogP) is 13.2. The summed E-state index contributed by atoms with van der Waals surface area (Å²) in [4.78, 5) is 12.5. The van der Waals surface area contributed by atoms with Gasteiger partial charge in [-0.3, -0.25) is 4.79 Å². The molecule has 0 saturated heterocycles. The molecule has 5 heteroatoms. The molecule has 3 unspecified atom stereocenters. The largest absolute Gasteiger partial charge is 0.394 e. The number of carbonyl (C=O) groups excluding carboxylic acids is 1. The molecule has 0 spiro atoms. The minimum absolute atomic E-state index is 0.379. The average Bonchev–Trinajstić information content (AvgIpc) is 3.15. The number of hydrogen-bond acceptors (Lipinski definition) is 4. The highest BCUT2D eigenvalue weighted by molar-refractivity contribution is 5.80. The second-order valence-electron chi connectivity index (χ2n) is 15.6. The Bertz CT molecular complexity index is 809. The van der Waals surface area contributed by atoms with Gasteiger partial charge < -0.3 is 20.6 Å². The standard InChI is InChI=1S/C47H89NO4/c1-3-5-7-9-11-13-15-17-19-21-22-23-24-26-27-29-31-33-35-37-39-41-45(50)44(43-49)48-47(52)46(51)42-40-38-36-34-32-30-28-25-20-18-16-14-12-10-8-6-4-2/h28,30-31,33,39,41,44-46,49-51H,3-27,29,32,34-38,40,42-43H2,1-2H3,(H,48,52)/b30-28-,33-31+,41-39+. The van der Waals surface area contributed by atoms with Crippen LogP contribution in [0.4, 0.5) is 0 Å². The molecule has 0 radical (unpaired) electrons. The molecular weight excluding hydrogens is 643 g/mol. The lowest BCUT2D eigenvalue weighted by Crippen LogP contribution is -2.48. The first-order chi connectivity index (χ1) is 25.6. The lowest BCUT2D eigenvalue weighted by Gasteiger charge is -2.21. The van der Waals surface area contributed by atoms with Crippen molar-refractivity contribution in [2.24, 2.45) is 0 Å². The summed E-state index contributed by atoms with van der Waals surface area (Å²) in [5.74, 6) is -0.521. The van der Waals surface area contributed by atoms with Crippen LogP contribution >= 0.6 is 0 Å². The molecule has 0 aliphatic rings. The number of hydrogen-bond donors (Lipinski definition) is 4. The maximum atomic E-state index is 12.5. The van der Waals surface area contributed by atoms with Crippen molar-refractivity contribution in [1.82, 2.24) is 5.32 Å². The van der Waals surface area contributed by atoms with Crippen LogP contribution in [0.2, 0.25) is 0 Å². The van der Waals surface area contributed by atoms with E-state index in [2.05, 4.69) is 43.5 Å². The molecule has 52 heavy (non-hydrogen) atoms. The van der Waals surface area contributed by atoms with Crippen LogP contribution in [0, 0.1) is 0 Å². The molecule has 5 nitrogen and oxygen atoms in total. The van der Waals surface area contributed by atoms with Crippen molar-refractivity contribution in [3.05, 3.63) is 36.5 Å². The fourth-order valence-electron chi connectivity index (χ4n) is 6.84. The molecule has 3 atom stereocenters. The Morgan fingerprint density at radius 3 is 1.17 bits per heavy atom. The molecule has 0 aromatic carbocycles. The Morgan fingerprint density at radius 2 is 0.788 bits per heavy atom. The number of carbonyl (C=O) groups is 1. The van der Waals surface area contributed by atoms with E-state index < -0.39 is 24.2 Å². The van der Waals surface area contributed by atoms with Gasteiger partial charge in [-0.15, -0.1) is 0 Å². The lowest BCUT2D eigenvalue weighted by atomic mass is 10.0. The highest BCUT2D eigenvalue weighted by atomic mass is 16.3. The van der Waals surface area contributed by atoms with E-state index in [0.29, 0.717) is 6.42 Å². The van der Waals surface area contributed by atoms with Crippen molar-refractivity contribution < 1.29 is 20.1 Å². The molecule has 4 N–H and O–H groups in total. The smallest absolute Gasteiger partial charge is 0.249 e. The molecule has 0 saturated carbocycles. The third-order valence-electron chi connectivity index (χ3n) is 10.5. The molecule has 0 aromatic heterocycles. The van der Waals surface area contributed by atoms with Gasteiger partial charge in [-0.05, 0) is 57.8 Å². The maximum Gasteiger partial charge on any atom is 0.249 e. The highest BCUT2D eigenvalue weighted by Gasteiger charge is 2.22. The third-order valence-corrected chi connectivity index (χ3v) is 10.5. The van der Waals surface area contributed by atoms with Gasteiger partial charge in [-0.1, -0.05) is 211 Å². The first-order valence-corrected chi connectivity index (χ1v) is 22.8. The van der Waals surface area contributed by atoms with Gasteiger partial charge >= 0.3 is 0 Å². The Hall–Kier alpha value is -1.43. The van der Waals surface area contributed by atoms with E-state index in [1.165, 1.54) is 161 Å². The maximum absolute atomic E-state index is 12.5. The zero-order chi connectivity index (χ0) is 38.0. The molecule has 0 fully saturated rings. The number of unbranched alkanes of at least 4 members (excludes halogenated alkanes) is 29. The first-order valence-electron chi connectivity index (χ1n) is 22.8. The van der Waals surface area contributed by atoms with Crippen molar-refractivity contribution in [2.45, 2.75) is 250 Å². The molecule has 0 aliphatic carbocycles. The van der Waals surface area contributed by atoms with E-state index in [4.69, 9.17) is 0 Å². The molecule has 0 aromatic rings. The number of aliphatic hydroxyl groups excluding tert-OH is 3. The zero-order valence-corrected chi connectivity index (χ0v) is 34.7. The molecule has 306 valence electrons. The zero-order valence-electron chi connectivity index (χ0n) is 34.7. The van der Waals surface area contributed by atoms with Crippen molar-refractivity contribution in [2.75, 3.05) is 6.61 Å². The summed E-state index contributed by atoms with van der Waals surface area (Å²) >= 11 is 0. The Balaban J connectivity index is 3.72. The van der Waals surface area contributed by atoms with Gasteiger partial charge in [0.1, 0.15) is 6.10 Å². The van der Waals surface area contributed by atoms with Crippen molar-refractivity contribution in [3.8, 4) is 0 Å². The van der Waals surface area contributed by atoms with Crippen LogP contribution in [0.3, 0.4) is 0 Å². The van der Waals surface area contributed by atoms with Gasteiger partial charge in [0, 0.05) is 0 Å². The lowest BCUT2D eigenvalue weighted by molar-refractivity contribution is -0.131. The van der Waals surface area contributed by atoms with E-state index in [1.54, 1.807) is 6.08 Å². The topological polar surface area (TPSA) is 89.8 Å². The first kappa shape index (κ1) is 50.6. The van der Waals surface area contributed by atoms with E-state index in [-0.39, 0.29) is 6.61 Å². The van der Waals surface area contributed by atoms with E-state index >= 15 is 0 Å². The monoisotopic (exact) mass is 732 g/mol. The fourth-order valence-corrected chi connectivity index (χ4v) is 6.84. The van der Waals surface area contributed by atoms with Crippen molar-refractivity contribution in [3.63, 3.8) is 0 Å². The second kappa shape index (κ2) is 42.3. The van der Waals surface area contributed by atoms with Gasteiger partial charge in [0.05, 0.1) is 18.8 Å². The van der Waals surface area contributed by atoms with E-state index in [9.17, 15) is 20.1 Å². The molecular formula is C47H89NO4. The van der Waals surface area contributed by atoms with Crippen LogP contribution < -0.4 is 5.32 Å². The van der Waals surface area contributed by atoms with Gasteiger partial charge in [0.25, 0.3) is 0 Å². The molecule has 0 bridgehead atoms. The van der Waals surface area contributed by atoms with Crippen LogP contribution in [-0.2, 0) is 4.79 Å². The van der Waals surface area contributed by atoms with Gasteiger partial charge in [-0.25, -0.2) is 0 Å². The summed E-state index contributed by atoms with van der Waals surface area (Å²) in [6, 6.07) is -0.818. The molecule has 0 aliphatic heterocycles. The predicted molar refractivity (Wildman–Crippen MR) is 227 cm³/mol. The second-order valence-corrected chi connectivity index (χ2v) is 15.6. The van der Waals surface area contributed by atoms with Gasteiger partial charge in [0.15, 0.2) is 0 Å². The number of allylic oxidation sites excluding steroid dienone is 5. The molecule has 0 rings (SSSR count). The van der Waals surface area contributed by atoms with Crippen molar-refractivity contribution >= 4 is 5.91 Å². The van der Waals surface area contributed by atoms with Crippen LogP contribution in [-0.4, -0.2) is 46.1 Å². The summed E-state index contributed by atoms with van der Waals surface area (Å²) in [7, 11) is 0. The number of rotatable bonds is 41. The van der Waals surface area contributed by atoms with Gasteiger partial charge in [0.2, 0.25) is 5.91 Å². The SMILES string of the molecule is CCCCCCCCCCC/C=C\CCCCCCC(O)C(=O)NC(CO)C(O)/C=C/CC/C=C/CCCCCCCCCCCCCCCCC. The van der Waals surface area contributed by atoms with Gasteiger partial charge in [-0.2, -0.15) is 0 Å². The average molecular weight is 732 g/mol. The summed E-state index contributed by atoms with van der Waals surface area (Å²) in [6.45, 7) is 4.17. The molecule has 0 heterocycles. The van der Waals surface area contributed by atoms with E-state index in [0.717, 1.165) is 51.4 Å². The third kappa shape index (κ3) is 36.9.